The fraction of sp³-hybridized carbons (Fsp3) is 0.167. The van der Waals surface area contributed by atoms with Crippen LogP contribution in [0.25, 0.3) is 6.05 Å². The Hall–Kier alpha value is -2.10. The van der Waals surface area contributed by atoms with Crippen molar-refractivity contribution in [3.05, 3.63) is 41.8 Å². The number of hydrogen-bond acceptors (Lipinski definition) is 3. The number of esters is 1. The molecule has 0 aliphatic heterocycles. The summed E-state index contributed by atoms with van der Waals surface area (Å²) in [6, 6.07) is -5.14. The van der Waals surface area contributed by atoms with Gasteiger partial charge in [0.2, 0.25) is 5.91 Å². The first kappa shape index (κ1) is 5.30. The van der Waals surface area contributed by atoms with Crippen LogP contribution >= 0.6 is 0 Å². The molecule has 4 heteroatoms. The lowest BCUT2D eigenvalue weighted by atomic mass is 10.2. The summed E-state index contributed by atoms with van der Waals surface area (Å²) in [5.74, 6) is -1.87. The monoisotopic (exact) mass is 226 g/mol. The summed E-state index contributed by atoms with van der Waals surface area (Å²) < 4.78 is 57.5. The quantitative estimate of drug-likeness (QED) is 0.615. The van der Waals surface area contributed by atoms with Crippen molar-refractivity contribution in [3.63, 3.8) is 0 Å². The zero-order valence-corrected chi connectivity index (χ0v) is 8.43. The van der Waals surface area contributed by atoms with Gasteiger partial charge in [-0.1, -0.05) is 30.2 Å². The van der Waals surface area contributed by atoms with Crippen molar-refractivity contribution in [2.75, 3.05) is 13.7 Å². The summed E-state index contributed by atoms with van der Waals surface area (Å²) in [5.41, 5.74) is -0.561. The van der Waals surface area contributed by atoms with E-state index in [1.807, 2.05) is 5.32 Å². The number of carbonyl (C=O) groups is 2. The fourth-order valence-corrected chi connectivity index (χ4v) is 0.701. The summed E-state index contributed by atoms with van der Waals surface area (Å²) in [6.07, 6.45) is 0. The van der Waals surface area contributed by atoms with E-state index in [0.29, 0.717) is 0 Å². The lowest BCUT2D eigenvalue weighted by molar-refractivity contribution is -0.140. The Morgan fingerprint density at radius 3 is 2.81 bits per heavy atom. The van der Waals surface area contributed by atoms with Gasteiger partial charge in [-0.15, -0.1) is 0 Å². The van der Waals surface area contributed by atoms with E-state index in [1.54, 1.807) is 0 Å². The van der Waals surface area contributed by atoms with Crippen molar-refractivity contribution < 1.29 is 23.9 Å². The molecule has 1 N–H and O–H groups in total. The Labute approximate surface area is 104 Å². The molecule has 0 atom stereocenters. The number of rotatable bonds is 4. The maximum Gasteiger partial charge on any atom is 0.325 e. The summed E-state index contributed by atoms with van der Waals surface area (Å²) in [6.45, 7) is -0.522. The highest BCUT2D eigenvalue weighted by molar-refractivity contribution is 5.93. The highest BCUT2D eigenvalue weighted by atomic mass is 16.5. The van der Waals surface area contributed by atoms with Crippen LogP contribution in [-0.4, -0.2) is 25.5 Å². The van der Waals surface area contributed by atoms with E-state index in [2.05, 4.69) is 4.74 Å². The molecule has 0 unspecified atom stereocenters. The average molecular weight is 226 g/mol. The lowest BCUT2D eigenvalue weighted by Gasteiger charge is -1.99. The zero-order chi connectivity index (χ0) is 17.9. The van der Waals surface area contributed by atoms with E-state index in [1.165, 1.54) is 0 Å². The minimum absolute atomic E-state index is 0.522. The van der Waals surface area contributed by atoms with E-state index < -0.39 is 66.3 Å². The van der Waals surface area contributed by atoms with Gasteiger partial charge >= 0.3 is 5.97 Å². The molecule has 84 valence electrons. The number of nitrogens with one attached hydrogen (secondary N) is 1. The molecule has 4 nitrogen and oxygen atoms in total. The Morgan fingerprint density at radius 2 is 2.19 bits per heavy atom. The van der Waals surface area contributed by atoms with Gasteiger partial charge in [0.25, 0.3) is 0 Å². The molecule has 0 saturated heterocycles. The number of amides is 1. The number of ether oxygens (including phenoxy) is 1. The van der Waals surface area contributed by atoms with Crippen LogP contribution in [-0.2, 0) is 14.3 Å². The van der Waals surface area contributed by atoms with Gasteiger partial charge in [-0.05, 0) is 11.6 Å². The third-order valence-electron chi connectivity index (χ3n) is 1.42. The maximum absolute atomic E-state index is 11.7. The fourth-order valence-electron chi connectivity index (χ4n) is 0.701. The Balaban J connectivity index is 3.30. The topological polar surface area (TPSA) is 55.4 Å². The molecule has 0 aliphatic rings. The van der Waals surface area contributed by atoms with Gasteiger partial charge in [0.1, 0.15) is 6.54 Å². The highest BCUT2D eigenvalue weighted by Crippen LogP contribution is 2.00. The smallest absolute Gasteiger partial charge is 0.325 e. The Kier molecular flexibility index (Phi) is 2.12. The van der Waals surface area contributed by atoms with Gasteiger partial charge in [-0.3, -0.25) is 9.59 Å². The van der Waals surface area contributed by atoms with Gasteiger partial charge in [0.05, 0.1) is 16.7 Å². The second kappa shape index (κ2) is 6.40. The van der Waals surface area contributed by atoms with Crippen molar-refractivity contribution in [1.29, 1.82) is 0 Å². The molecule has 16 heavy (non-hydrogen) atoms. The number of hydrogen-bond donors (Lipinski definition) is 1. The molecular weight excluding hydrogens is 206 g/mol. The predicted molar refractivity (Wildman–Crippen MR) is 60.5 cm³/mol. The Morgan fingerprint density at radius 1 is 1.50 bits per heavy atom. The summed E-state index contributed by atoms with van der Waals surface area (Å²) in [5, 5.41) is 2.03. The van der Waals surface area contributed by atoms with Crippen LogP contribution in [0, 0.1) is 0 Å². The summed E-state index contributed by atoms with van der Waals surface area (Å²) >= 11 is 0. The van der Waals surface area contributed by atoms with Crippen LogP contribution < -0.4 is 5.32 Å². The van der Waals surface area contributed by atoms with Gasteiger partial charge in [0.15, 0.2) is 0 Å². The highest BCUT2D eigenvalue weighted by Gasteiger charge is 2.01. The molecule has 0 heterocycles. The van der Waals surface area contributed by atoms with Gasteiger partial charge in [-0.2, -0.15) is 0 Å². The number of methoxy groups -OCH3 is 1. The number of carbonyl (C=O) groups excluding carboxylic acids is 2. The minimum atomic E-state index is -1.10. The predicted octanol–water partition coefficient (Wildman–Crippen LogP) is 0.989. The molecule has 1 aromatic rings. The normalized spacial score (nSPS) is 17.4. The third-order valence-corrected chi connectivity index (χ3v) is 1.42. The zero-order valence-electron chi connectivity index (χ0n) is 15.4. The second-order valence-corrected chi connectivity index (χ2v) is 2.51. The molecule has 1 aromatic carbocycles. The van der Waals surface area contributed by atoms with Gasteiger partial charge < -0.3 is 10.1 Å². The van der Waals surface area contributed by atoms with Crippen LogP contribution in [0.5, 0.6) is 0 Å². The summed E-state index contributed by atoms with van der Waals surface area (Å²) in [7, 11) is 1.11. The average Bonchev–Trinajstić information content (AvgIpc) is 2.54. The molecule has 1 amide bonds. The van der Waals surface area contributed by atoms with E-state index in [-0.39, 0.29) is 0 Å². The maximum atomic E-state index is 11.7. The second-order valence-electron chi connectivity index (χ2n) is 2.51. The van der Waals surface area contributed by atoms with Crippen LogP contribution in [0.2, 0.25) is 0 Å². The largest absolute Gasteiger partial charge is 0.468 e. The van der Waals surface area contributed by atoms with Gasteiger partial charge in [-0.25, -0.2) is 0 Å². The summed E-state index contributed by atoms with van der Waals surface area (Å²) in [4.78, 5) is 22.6. The molecule has 0 saturated carbocycles. The van der Waals surface area contributed by atoms with Crippen molar-refractivity contribution >= 4 is 17.9 Å². The molecule has 0 radical (unpaired) electrons. The third kappa shape index (κ3) is 4.41. The van der Waals surface area contributed by atoms with E-state index in [9.17, 15) is 9.59 Å². The standard InChI is InChI=1S/C12H13NO3/c1-16-12(15)9-13-11(14)8-7-10-5-3-2-4-6-10/h2-8H,9H2,1H3,(H,13,14)/b8-7+/i2D,3D,4D,5D,6D,7D,8D. The van der Waals surface area contributed by atoms with Crippen LogP contribution in [0.4, 0.5) is 0 Å². The van der Waals surface area contributed by atoms with Crippen molar-refractivity contribution in [2.45, 2.75) is 0 Å². The van der Waals surface area contributed by atoms with Crippen molar-refractivity contribution in [1.82, 2.24) is 5.32 Å². The first-order chi connectivity index (χ1) is 10.6. The molecular formula is C12H13NO3. The molecule has 0 bridgehead atoms. The molecule has 1 rings (SSSR count). The van der Waals surface area contributed by atoms with E-state index >= 15 is 0 Å². The lowest BCUT2D eigenvalue weighted by Crippen LogP contribution is -2.28. The minimum Gasteiger partial charge on any atom is -0.468 e. The van der Waals surface area contributed by atoms with Crippen LogP contribution in [0.1, 0.15) is 15.2 Å². The van der Waals surface area contributed by atoms with Crippen molar-refractivity contribution in [3.8, 4) is 0 Å². The SMILES string of the molecule is [2H]/C(C(=O)NCC(=O)OC)=C(/[2H])c1c([2H])c([2H])c([2H])c([2H])c1[2H]. The van der Waals surface area contributed by atoms with Crippen molar-refractivity contribution in [2.24, 2.45) is 0 Å². The van der Waals surface area contributed by atoms with E-state index in [0.717, 1.165) is 7.11 Å². The molecule has 0 fully saturated rings. The van der Waals surface area contributed by atoms with E-state index in [4.69, 9.17) is 9.60 Å². The molecule has 0 aromatic heterocycles. The number of benzene rings is 1. The first-order valence-electron chi connectivity index (χ1n) is 7.73. The Bertz CT molecular complexity index is 673. The van der Waals surface area contributed by atoms with Crippen LogP contribution in [0.15, 0.2) is 36.3 Å². The molecule has 0 aliphatic carbocycles. The van der Waals surface area contributed by atoms with Crippen LogP contribution in [0.3, 0.4) is 0 Å². The molecule has 0 spiro atoms. The van der Waals surface area contributed by atoms with Gasteiger partial charge in [0, 0.05) is 6.05 Å². The first-order valence-corrected chi connectivity index (χ1v) is 4.23.